The first-order valence-electron chi connectivity index (χ1n) is 7.71. The Balaban J connectivity index is 1.41. The Labute approximate surface area is 123 Å². The lowest BCUT2D eigenvalue weighted by atomic mass is 9.95. The number of halogens is 1. The van der Waals surface area contributed by atoms with E-state index in [-0.39, 0.29) is 5.82 Å². The normalized spacial score (nSPS) is 27.4. The molecule has 1 N–H and O–H groups in total. The van der Waals surface area contributed by atoms with Crippen LogP contribution in [0.5, 0.6) is 0 Å². The van der Waals surface area contributed by atoms with Gasteiger partial charge in [0.1, 0.15) is 12.1 Å². The summed E-state index contributed by atoms with van der Waals surface area (Å²) in [4.78, 5) is 4.45. The van der Waals surface area contributed by atoms with Crippen LogP contribution in [0.4, 0.5) is 4.39 Å². The van der Waals surface area contributed by atoms with Gasteiger partial charge in [0.2, 0.25) is 5.89 Å². The summed E-state index contributed by atoms with van der Waals surface area (Å²) in [5.74, 6) is 2.00. The molecule has 0 spiro atoms. The number of oxazole rings is 1. The number of nitrogens with one attached hydrogen (secondary N) is 1. The van der Waals surface area contributed by atoms with Crippen LogP contribution < -0.4 is 5.32 Å². The lowest BCUT2D eigenvalue weighted by molar-refractivity contribution is 0.349. The van der Waals surface area contributed by atoms with Crippen LogP contribution in [-0.2, 0) is 6.54 Å². The van der Waals surface area contributed by atoms with E-state index >= 15 is 0 Å². The molecule has 2 aliphatic rings. The van der Waals surface area contributed by atoms with Crippen molar-refractivity contribution in [1.82, 2.24) is 10.3 Å². The molecule has 2 fully saturated rings. The number of benzene rings is 1. The molecule has 2 aliphatic carbocycles. The first-order chi connectivity index (χ1) is 10.3. The maximum atomic E-state index is 13.2. The first-order valence-corrected chi connectivity index (χ1v) is 7.71. The van der Waals surface area contributed by atoms with E-state index in [0.717, 1.165) is 24.1 Å². The fourth-order valence-corrected chi connectivity index (χ4v) is 3.87. The first kappa shape index (κ1) is 13.0. The summed E-state index contributed by atoms with van der Waals surface area (Å²) in [5, 5.41) is 3.61. The highest BCUT2D eigenvalue weighted by Crippen LogP contribution is 2.44. The minimum absolute atomic E-state index is 0.271. The van der Waals surface area contributed by atoms with Gasteiger partial charge in [-0.05, 0) is 49.3 Å². The summed E-state index contributed by atoms with van der Waals surface area (Å²) in [6, 6.07) is 6.98. The highest BCUT2D eigenvalue weighted by atomic mass is 19.1. The minimum atomic E-state index is -0.271. The molecule has 0 aliphatic heterocycles. The minimum Gasteiger partial charge on any atom is -0.444 e. The second-order valence-corrected chi connectivity index (χ2v) is 6.32. The summed E-state index contributed by atoms with van der Waals surface area (Å²) < 4.78 is 18.7. The van der Waals surface area contributed by atoms with Gasteiger partial charge >= 0.3 is 0 Å². The molecule has 1 aromatic carbocycles. The summed E-state index contributed by atoms with van der Waals surface area (Å²) in [6.07, 6.45) is 7.15. The predicted molar refractivity (Wildman–Crippen MR) is 78.0 cm³/mol. The Morgan fingerprint density at radius 1 is 1.29 bits per heavy atom. The van der Waals surface area contributed by atoms with E-state index in [4.69, 9.17) is 4.42 Å². The van der Waals surface area contributed by atoms with Crippen LogP contribution in [0, 0.1) is 17.7 Å². The SMILES string of the molecule is Fc1cccc(-c2nc(CNC3C[C@H]4CC[C@@H]3C4)co2)c1. The van der Waals surface area contributed by atoms with Gasteiger partial charge in [0.25, 0.3) is 0 Å². The number of fused-ring (bicyclic) bond motifs is 2. The van der Waals surface area contributed by atoms with Crippen LogP contribution in [0.3, 0.4) is 0 Å². The van der Waals surface area contributed by atoms with Gasteiger partial charge < -0.3 is 9.73 Å². The zero-order valence-electron chi connectivity index (χ0n) is 11.9. The third-order valence-corrected chi connectivity index (χ3v) is 4.91. The maximum absolute atomic E-state index is 13.2. The number of rotatable bonds is 4. The largest absolute Gasteiger partial charge is 0.444 e. The summed E-state index contributed by atoms with van der Waals surface area (Å²) in [6.45, 7) is 0.729. The van der Waals surface area contributed by atoms with Crippen molar-refractivity contribution in [2.75, 3.05) is 0 Å². The third kappa shape index (κ3) is 2.60. The fourth-order valence-electron chi connectivity index (χ4n) is 3.87. The molecule has 4 heteroatoms. The highest BCUT2D eigenvalue weighted by Gasteiger charge is 2.39. The van der Waals surface area contributed by atoms with Gasteiger partial charge in [-0.15, -0.1) is 0 Å². The van der Waals surface area contributed by atoms with Gasteiger partial charge in [0, 0.05) is 18.2 Å². The Bertz CT molecular complexity index is 639. The highest BCUT2D eigenvalue weighted by molar-refractivity contribution is 5.52. The third-order valence-electron chi connectivity index (χ3n) is 4.91. The number of nitrogens with zero attached hydrogens (tertiary/aromatic N) is 1. The van der Waals surface area contributed by atoms with E-state index in [2.05, 4.69) is 10.3 Å². The van der Waals surface area contributed by atoms with Crippen molar-refractivity contribution in [2.24, 2.45) is 11.8 Å². The predicted octanol–water partition coefficient (Wildman–Crippen LogP) is 3.76. The molecule has 2 saturated carbocycles. The molecule has 3 atom stereocenters. The second kappa shape index (κ2) is 5.26. The van der Waals surface area contributed by atoms with Crippen LogP contribution >= 0.6 is 0 Å². The molecule has 2 bridgehead atoms. The second-order valence-electron chi connectivity index (χ2n) is 6.32. The molecule has 3 nitrogen and oxygen atoms in total. The van der Waals surface area contributed by atoms with Crippen LogP contribution in [-0.4, -0.2) is 11.0 Å². The number of hydrogen-bond acceptors (Lipinski definition) is 3. The van der Waals surface area contributed by atoms with Crippen LogP contribution in [0.1, 0.15) is 31.4 Å². The van der Waals surface area contributed by atoms with Crippen molar-refractivity contribution < 1.29 is 8.81 Å². The molecular weight excluding hydrogens is 267 g/mol. The van der Waals surface area contributed by atoms with E-state index in [0.29, 0.717) is 17.5 Å². The van der Waals surface area contributed by atoms with Crippen molar-refractivity contribution in [2.45, 2.75) is 38.3 Å². The van der Waals surface area contributed by atoms with Crippen molar-refractivity contribution in [3.63, 3.8) is 0 Å². The van der Waals surface area contributed by atoms with E-state index in [1.54, 1.807) is 12.3 Å². The molecule has 21 heavy (non-hydrogen) atoms. The lowest BCUT2D eigenvalue weighted by Gasteiger charge is -2.22. The molecule has 1 aromatic heterocycles. The molecule has 110 valence electrons. The molecule has 0 saturated heterocycles. The summed E-state index contributed by atoms with van der Waals surface area (Å²) in [5.41, 5.74) is 1.57. The Hall–Kier alpha value is -1.68. The van der Waals surface area contributed by atoms with Gasteiger partial charge in [-0.3, -0.25) is 0 Å². The van der Waals surface area contributed by atoms with Crippen LogP contribution in [0.15, 0.2) is 34.9 Å². The van der Waals surface area contributed by atoms with E-state index in [1.165, 1.54) is 37.8 Å². The summed E-state index contributed by atoms with van der Waals surface area (Å²) >= 11 is 0. The van der Waals surface area contributed by atoms with Crippen molar-refractivity contribution in [3.05, 3.63) is 42.0 Å². The smallest absolute Gasteiger partial charge is 0.226 e. The fraction of sp³-hybridized carbons (Fsp3) is 0.471. The average molecular weight is 286 g/mol. The number of hydrogen-bond donors (Lipinski definition) is 1. The van der Waals surface area contributed by atoms with E-state index in [9.17, 15) is 4.39 Å². The monoisotopic (exact) mass is 286 g/mol. The Morgan fingerprint density at radius 3 is 3.00 bits per heavy atom. The molecule has 1 unspecified atom stereocenters. The summed E-state index contributed by atoms with van der Waals surface area (Å²) in [7, 11) is 0. The van der Waals surface area contributed by atoms with E-state index in [1.807, 2.05) is 6.07 Å². The van der Waals surface area contributed by atoms with Gasteiger partial charge in [-0.2, -0.15) is 0 Å². The number of aromatic nitrogens is 1. The van der Waals surface area contributed by atoms with Crippen molar-refractivity contribution in [1.29, 1.82) is 0 Å². The quantitative estimate of drug-likeness (QED) is 0.930. The molecule has 1 heterocycles. The molecule has 2 aromatic rings. The molecule has 0 amide bonds. The Morgan fingerprint density at radius 2 is 2.24 bits per heavy atom. The Kier molecular flexibility index (Phi) is 3.26. The van der Waals surface area contributed by atoms with Crippen molar-refractivity contribution in [3.8, 4) is 11.5 Å². The van der Waals surface area contributed by atoms with E-state index < -0.39 is 0 Å². The maximum Gasteiger partial charge on any atom is 0.226 e. The topological polar surface area (TPSA) is 38.1 Å². The van der Waals surface area contributed by atoms with Gasteiger partial charge in [-0.1, -0.05) is 12.5 Å². The van der Waals surface area contributed by atoms with Gasteiger partial charge in [0.15, 0.2) is 0 Å². The lowest BCUT2D eigenvalue weighted by Crippen LogP contribution is -2.33. The van der Waals surface area contributed by atoms with Gasteiger partial charge in [-0.25, -0.2) is 9.37 Å². The zero-order chi connectivity index (χ0) is 14.2. The zero-order valence-corrected chi connectivity index (χ0v) is 11.9. The molecule has 4 rings (SSSR count). The van der Waals surface area contributed by atoms with Crippen molar-refractivity contribution >= 4 is 0 Å². The average Bonchev–Trinajstić information content (AvgIpc) is 3.21. The van der Waals surface area contributed by atoms with Gasteiger partial charge in [0.05, 0.1) is 5.69 Å². The molecule has 0 radical (unpaired) electrons. The molecular formula is C17H19FN2O. The standard InChI is InChI=1S/C17H19FN2O/c18-14-3-1-2-13(8-14)17-20-15(10-21-17)9-19-16-7-11-4-5-12(16)6-11/h1-3,8,10-12,16,19H,4-7,9H2/t11-,12+,16?/m0/s1. The van der Waals surface area contributed by atoms with Crippen LogP contribution in [0.25, 0.3) is 11.5 Å². The van der Waals surface area contributed by atoms with Crippen LogP contribution in [0.2, 0.25) is 0 Å².